The first-order chi connectivity index (χ1) is 7.68. The third-order valence-corrected chi connectivity index (χ3v) is 2.25. The summed E-state index contributed by atoms with van der Waals surface area (Å²) in [6.45, 7) is 0. The third kappa shape index (κ3) is 1.86. The average Bonchev–Trinajstić information content (AvgIpc) is 2.30. The van der Waals surface area contributed by atoms with Crippen LogP contribution in [0.2, 0.25) is 0 Å². The van der Waals surface area contributed by atoms with Crippen LogP contribution in [-0.2, 0) is 0 Å². The summed E-state index contributed by atoms with van der Waals surface area (Å²) in [5, 5.41) is 0. The lowest BCUT2D eigenvalue weighted by Gasteiger charge is -2.04. The number of aromatic nitrogens is 1. The molecule has 80 valence electrons. The summed E-state index contributed by atoms with van der Waals surface area (Å²) in [7, 11) is 0. The van der Waals surface area contributed by atoms with Gasteiger partial charge in [0, 0.05) is 23.5 Å². The van der Waals surface area contributed by atoms with Gasteiger partial charge in [-0.2, -0.15) is 0 Å². The molecule has 1 aromatic heterocycles. The predicted molar refractivity (Wildman–Crippen MR) is 60.6 cm³/mol. The fourth-order valence-corrected chi connectivity index (χ4v) is 1.43. The van der Waals surface area contributed by atoms with Crippen LogP contribution in [0.4, 0.5) is 0 Å². The molecule has 0 aliphatic heterocycles. The second-order valence-corrected chi connectivity index (χ2v) is 3.32. The van der Waals surface area contributed by atoms with Gasteiger partial charge in [0.05, 0.1) is 0 Å². The molecular formula is C12H10N2O2. The molecule has 0 atom stereocenters. The number of hydrogen-bond acceptors (Lipinski definition) is 2. The lowest BCUT2D eigenvalue weighted by molar-refractivity contribution is 0.100. The Kier molecular flexibility index (Phi) is 2.55. The molecule has 2 N–H and O–H groups in total. The second kappa shape index (κ2) is 4.02. The Labute approximate surface area is 91.9 Å². The van der Waals surface area contributed by atoms with Crippen LogP contribution in [0.3, 0.4) is 0 Å². The van der Waals surface area contributed by atoms with Crippen molar-refractivity contribution in [1.82, 2.24) is 4.57 Å². The molecule has 1 amide bonds. The summed E-state index contributed by atoms with van der Waals surface area (Å²) in [6.07, 6.45) is 1.67. The van der Waals surface area contributed by atoms with E-state index in [0.717, 1.165) is 0 Å². The minimum Gasteiger partial charge on any atom is -0.366 e. The maximum Gasteiger partial charge on any atom is 0.255 e. The summed E-state index contributed by atoms with van der Waals surface area (Å²) < 4.78 is 1.49. The normalized spacial score (nSPS) is 10.0. The lowest BCUT2D eigenvalue weighted by atomic mass is 10.2. The minimum absolute atomic E-state index is 0.116. The molecule has 2 rings (SSSR count). The maximum absolute atomic E-state index is 11.5. The van der Waals surface area contributed by atoms with E-state index in [1.165, 1.54) is 10.6 Å². The lowest BCUT2D eigenvalue weighted by Crippen LogP contribution is -2.16. The van der Waals surface area contributed by atoms with Crippen LogP contribution in [0.15, 0.2) is 53.5 Å². The van der Waals surface area contributed by atoms with E-state index >= 15 is 0 Å². The Morgan fingerprint density at radius 2 is 1.75 bits per heavy atom. The fraction of sp³-hybridized carbons (Fsp3) is 0. The van der Waals surface area contributed by atoms with E-state index in [0.29, 0.717) is 11.3 Å². The highest BCUT2D eigenvalue weighted by Gasteiger charge is 2.01. The zero-order valence-corrected chi connectivity index (χ0v) is 8.46. The third-order valence-electron chi connectivity index (χ3n) is 2.25. The summed E-state index contributed by atoms with van der Waals surface area (Å²) >= 11 is 0. The Bertz CT molecular complexity index is 570. The number of primary amides is 1. The first-order valence-corrected chi connectivity index (χ1v) is 4.76. The standard InChI is InChI=1S/C12H10N2O2/c13-12(16)9-4-6-10(7-5-9)14-8-2-1-3-11(14)15/h1-8H,(H2,13,16). The molecule has 0 bridgehead atoms. The van der Waals surface area contributed by atoms with Gasteiger partial charge in [-0.25, -0.2) is 0 Å². The zero-order chi connectivity index (χ0) is 11.5. The van der Waals surface area contributed by atoms with Crippen molar-refractivity contribution in [2.45, 2.75) is 0 Å². The number of amides is 1. The Morgan fingerprint density at radius 3 is 2.31 bits per heavy atom. The van der Waals surface area contributed by atoms with Crippen LogP contribution in [0.25, 0.3) is 5.69 Å². The Morgan fingerprint density at radius 1 is 1.06 bits per heavy atom. The van der Waals surface area contributed by atoms with Gasteiger partial charge in [0.25, 0.3) is 5.56 Å². The molecule has 0 aliphatic carbocycles. The Balaban J connectivity index is 2.47. The summed E-state index contributed by atoms with van der Waals surface area (Å²) in [5.41, 5.74) is 6.14. The van der Waals surface area contributed by atoms with Gasteiger partial charge in [0.15, 0.2) is 0 Å². The number of hydrogen-bond donors (Lipinski definition) is 1. The van der Waals surface area contributed by atoms with Crippen LogP contribution < -0.4 is 11.3 Å². The predicted octanol–water partition coefficient (Wildman–Crippen LogP) is 0.936. The number of carbonyl (C=O) groups excluding carboxylic acids is 1. The number of nitrogens with two attached hydrogens (primary N) is 1. The molecule has 0 saturated heterocycles. The average molecular weight is 214 g/mol. The van der Waals surface area contributed by atoms with Gasteiger partial charge in [0.2, 0.25) is 5.91 Å². The SMILES string of the molecule is NC(=O)c1ccc(-n2ccccc2=O)cc1. The molecule has 16 heavy (non-hydrogen) atoms. The van der Waals surface area contributed by atoms with Gasteiger partial charge in [-0.1, -0.05) is 6.07 Å². The van der Waals surface area contributed by atoms with Crippen molar-refractivity contribution in [2.75, 3.05) is 0 Å². The molecule has 0 fully saturated rings. The Hall–Kier alpha value is -2.36. The molecule has 1 aromatic carbocycles. The summed E-state index contributed by atoms with van der Waals surface area (Å²) in [4.78, 5) is 22.4. The molecule has 0 unspecified atom stereocenters. The van der Waals surface area contributed by atoms with Crippen LogP contribution in [0.5, 0.6) is 0 Å². The maximum atomic E-state index is 11.5. The monoisotopic (exact) mass is 214 g/mol. The molecule has 0 spiro atoms. The number of benzene rings is 1. The largest absolute Gasteiger partial charge is 0.366 e. The summed E-state index contributed by atoms with van der Waals surface area (Å²) in [5.74, 6) is -0.480. The molecule has 1 heterocycles. The van der Waals surface area contributed by atoms with Crippen molar-refractivity contribution in [2.24, 2.45) is 5.73 Å². The van der Waals surface area contributed by atoms with Crippen molar-refractivity contribution in [3.05, 3.63) is 64.6 Å². The van der Waals surface area contributed by atoms with Gasteiger partial charge in [-0.15, -0.1) is 0 Å². The van der Waals surface area contributed by atoms with E-state index in [2.05, 4.69) is 0 Å². The van der Waals surface area contributed by atoms with E-state index in [1.807, 2.05) is 0 Å². The first-order valence-electron chi connectivity index (χ1n) is 4.76. The summed E-state index contributed by atoms with van der Waals surface area (Å²) in [6, 6.07) is 11.5. The molecule has 2 aromatic rings. The van der Waals surface area contributed by atoms with Gasteiger partial charge < -0.3 is 5.73 Å². The highest BCUT2D eigenvalue weighted by molar-refractivity contribution is 5.92. The van der Waals surface area contributed by atoms with E-state index in [-0.39, 0.29) is 5.56 Å². The van der Waals surface area contributed by atoms with Crippen molar-refractivity contribution >= 4 is 5.91 Å². The molecule has 0 radical (unpaired) electrons. The first kappa shape index (κ1) is 10.2. The van der Waals surface area contributed by atoms with Gasteiger partial charge in [0.1, 0.15) is 0 Å². The molecule has 0 aliphatic rings. The molecule has 0 saturated carbocycles. The molecular weight excluding hydrogens is 204 g/mol. The van der Waals surface area contributed by atoms with E-state index in [1.54, 1.807) is 42.6 Å². The van der Waals surface area contributed by atoms with Crippen molar-refractivity contribution in [3.63, 3.8) is 0 Å². The van der Waals surface area contributed by atoms with Crippen molar-refractivity contribution in [3.8, 4) is 5.69 Å². The van der Waals surface area contributed by atoms with Gasteiger partial charge in [-0.3, -0.25) is 14.2 Å². The fourth-order valence-electron chi connectivity index (χ4n) is 1.43. The van der Waals surface area contributed by atoms with E-state index in [9.17, 15) is 9.59 Å². The van der Waals surface area contributed by atoms with E-state index in [4.69, 9.17) is 5.73 Å². The van der Waals surface area contributed by atoms with Gasteiger partial charge >= 0.3 is 0 Å². The van der Waals surface area contributed by atoms with Crippen LogP contribution in [-0.4, -0.2) is 10.5 Å². The topological polar surface area (TPSA) is 65.1 Å². The number of carbonyl (C=O) groups is 1. The minimum atomic E-state index is -0.480. The van der Waals surface area contributed by atoms with Crippen molar-refractivity contribution in [1.29, 1.82) is 0 Å². The molecule has 4 nitrogen and oxygen atoms in total. The number of pyridine rings is 1. The van der Waals surface area contributed by atoms with Crippen LogP contribution in [0.1, 0.15) is 10.4 Å². The molecule has 4 heteroatoms. The highest BCUT2D eigenvalue weighted by atomic mass is 16.1. The highest BCUT2D eigenvalue weighted by Crippen LogP contribution is 2.06. The van der Waals surface area contributed by atoms with Crippen LogP contribution >= 0.6 is 0 Å². The smallest absolute Gasteiger partial charge is 0.255 e. The number of rotatable bonds is 2. The van der Waals surface area contributed by atoms with Crippen LogP contribution in [0, 0.1) is 0 Å². The second-order valence-electron chi connectivity index (χ2n) is 3.32. The quantitative estimate of drug-likeness (QED) is 0.808. The zero-order valence-electron chi connectivity index (χ0n) is 8.46. The van der Waals surface area contributed by atoms with E-state index < -0.39 is 5.91 Å². The number of nitrogens with zero attached hydrogens (tertiary/aromatic N) is 1. The van der Waals surface area contributed by atoms with Crippen molar-refractivity contribution < 1.29 is 4.79 Å². The van der Waals surface area contributed by atoms with Gasteiger partial charge in [-0.05, 0) is 30.3 Å².